The van der Waals surface area contributed by atoms with Gasteiger partial charge in [-0.15, -0.1) is 12.4 Å². The topological polar surface area (TPSA) is 55.6 Å². The molecule has 0 aromatic rings. The van der Waals surface area contributed by atoms with Gasteiger partial charge in [0.2, 0.25) is 0 Å². The van der Waals surface area contributed by atoms with Crippen LogP contribution < -0.4 is 5.73 Å². The molecule has 0 bridgehead atoms. The number of carbonyl (C=O) groups is 1. The lowest BCUT2D eigenvalue weighted by Crippen LogP contribution is -2.40. The highest BCUT2D eigenvalue weighted by atomic mass is 35.5. The zero-order chi connectivity index (χ0) is 12.2. The zero-order valence-electron chi connectivity index (χ0n) is 11.1. The number of hydrogen-bond donors (Lipinski definition) is 1. The van der Waals surface area contributed by atoms with Gasteiger partial charge in [0.05, 0.1) is 6.10 Å². The van der Waals surface area contributed by atoms with Crippen LogP contribution in [0, 0.1) is 17.3 Å². The predicted molar refractivity (Wildman–Crippen MR) is 71.5 cm³/mol. The molecule has 0 spiro atoms. The van der Waals surface area contributed by atoms with Gasteiger partial charge in [0.1, 0.15) is 6.10 Å². The van der Waals surface area contributed by atoms with Crippen molar-refractivity contribution in [2.45, 2.75) is 38.9 Å². The van der Waals surface area contributed by atoms with Crippen LogP contribution in [-0.4, -0.2) is 42.6 Å². The molecule has 3 aliphatic rings. The first kappa shape index (κ1) is 14.1. The molecule has 104 valence electrons. The summed E-state index contributed by atoms with van der Waals surface area (Å²) in [6.45, 7) is 7.01. The Morgan fingerprint density at radius 2 is 1.94 bits per heavy atom. The van der Waals surface area contributed by atoms with Crippen LogP contribution in [0.5, 0.6) is 0 Å². The molecule has 0 radical (unpaired) electrons. The van der Waals surface area contributed by atoms with Gasteiger partial charge in [0.25, 0.3) is 5.91 Å². The van der Waals surface area contributed by atoms with Gasteiger partial charge in [0.15, 0.2) is 0 Å². The van der Waals surface area contributed by atoms with Crippen LogP contribution in [0.25, 0.3) is 0 Å². The largest absolute Gasteiger partial charge is 0.364 e. The van der Waals surface area contributed by atoms with Crippen LogP contribution in [0.1, 0.15) is 26.7 Å². The number of rotatable bonds is 2. The summed E-state index contributed by atoms with van der Waals surface area (Å²) in [6, 6.07) is 0. The molecule has 0 aromatic heterocycles. The maximum Gasteiger partial charge on any atom is 0.251 e. The van der Waals surface area contributed by atoms with E-state index >= 15 is 0 Å². The number of nitrogens with zero attached hydrogens (tertiary/aromatic N) is 1. The first-order chi connectivity index (χ1) is 8.04. The Balaban J connectivity index is 0.00000120. The SMILES string of the molecule is CC1(C)C2CN(C(=O)[C@@H]3CC[C@H](CN)O3)CC21.Cl. The van der Waals surface area contributed by atoms with Crippen molar-refractivity contribution in [2.24, 2.45) is 23.0 Å². The molecule has 3 rings (SSSR count). The van der Waals surface area contributed by atoms with E-state index in [-0.39, 0.29) is 30.5 Å². The van der Waals surface area contributed by atoms with Crippen LogP contribution in [0.15, 0.2) is 0 Å². The summed E-state index contributed by atoms with van der Waals surface area (Å²) in [5.41, 5.74) is 6.03. The second kappa shape index (κ2) is 4.66. The minimum absolute atomic E-state index is 0. The summed E-state index contributed by atoms with van der Waals surface area (Å²) < 4.78 is 5.67. The minimum Gasteiger partial charge on any atom is -0.364 e. The zero-order valence-corrected chi connectivity index (χ0v) is 11.9. The predicted octanol–water partition coefficient (Wildman–Crippen LogP) is 1.03. The van der Waals surface area contributed by atoms with E-state index in [9.17, 15) is 4.79 Å². The molecule has 0 aromatic carbocycles. The van der Waals surface area contributed by atoms with Gasteiger partial charge in [0, 0.05) is 19.6 Å². The van der Waals surface area contributed by atoms with Crippen LogP contribution in [-0.2, 0) is 9.53 Å². The Bertz CT molecular complexity index is 334. The highest BCUT2D eigenvalue weighted by molar-refractivity contribution is 5.85. The van der Waals surface area contributed by atoms with Gasteiger partial charge < -0.3 is 15.4 Å². The van der Waals surface area contributed by atoms with Crippen LogP contribution in [0.3, 0.4) is 0 Å². The summed E-state index contributed by atoms with van der Waals surface area (Å²) in [7, 11) is 0. The Kier molecular flexibility index (Phi) is 3.65. The highest BCUT2D eigenvalue weighted by Crippen LogP contribution is 2.62. The van der Waals surface area contributed by atoms with E-state index in [1.807, 2.05) is 4.90 Å². The monoisotopic (exact) mass is 274 g/mol. The molecular formula is C13H23ClN2O2. The number of likely N-dealkylation sites (tertiary alicyclic amines) is 1. The fraction of sp³-hybridized carbons (Fsp3) is 0.923. The Morgan fingerprint density at radius 1 is 1.33 bits per heavy atom. The number of hydrogen-bond acceptors (Lipinski definition) is 3. The molecule has 2 N–H and O–H groups in total. The van der Waals surface area contributed by atoms with E-state index in [2.05, 4.69) is 13.8 Å². The number of nitrogens with two attached hydrogens (primary N) is 1. The summed E-state index contributed by atoms with van der Waals surface area (Å²) in [5.74, 6) is 1.64. The third-order valence-corrected chi connectivity index (χ3v) is 5.08. The maximum atomic E-state index is 12.2. The summed E-state index contributed by atoms with van der Waals surface area (Å²) in [5, 5.41) is 0. The lowest BCUT2D eigenvalue weighted by atomic mass is 10.1. The van der Waals surface area contributed by atoms with Gasteiger partial charge in [-0.25, -0.2) is 0 Å². The number of fused-ring (bicyclic) bond motifs is 1. The van der Waals surface area contributed by atoms with Crippen LogP contribution in [0.4, 0.5) is 0 Å². The van der Waals surface area contributed by atoms with Gasteiger partial charge in [-0.05, 0) is 30.1 Å². The number of halogens is 1. The average Bonchev–Trinajstić information content (AvgIpc) is 2.81. The van der Waals surface area contributed by atoms with Crippen molar-refractivity contribution in [1.82, 2.24) is 4.90 Å². The third-order valence-electron chi connectivity index (χ3n) is 5.08. The number of ether oxygens (including phenoxy) is 1. The highest BCUT2D eigenvalue weighted by Gasteiger charge is 2.63. The molecule has 1 aliphatic carbocycles. The summed E-state index contributed by atoms with van der Waals surface area (Å²) >= 11 is 0. The van der Waals surface area contributed by atoms with Crippen LogP contribution >= 0.6 is 12.4 Å². The third kappa shape index (κ3) is 2.04. The first-order valence-corrected chi connectivity index (χ1v) is 6.68. The smallest absolute Gasteiger partial charge is 0.251 e. The van der Waals surface area contributed by atoms with Gasteiger partial charge in [-0.1, -0.05) is 13.8 Å². The molecule has 5 heteroatoms. The number of carbonyl (C=O) groups excluding carboxylic acids is 1. The fourth-order valence-corrected chi connectivity index (χ4v) is 3.58. The van der Waals surface area contributed by atoms with Gasteiger partial charge >= 0.3 is 0 Å². The van der Waals surface area contributed by atoms with E-state index in [1.165, 1.54) is 0 Å². The first-order valence-electron chi connectivity index (χ1n) is 6.68. The molecule has 18 heavy (non-hydrogen) atoms. The van der Waals surface area contributed by atoms with Gasteiger partial charge in [-0.2, -0.15) is 0 Å². The molecule has 1 saturated carbocycles. The molecule has 3 fully saturated rings. The standard InChI is InChI=1S/C13H22N2O2.ClH/c1-13(2)9-6-15(7-10(9)13)12(16)11-4-3-8(5-14)17-11;/h8-11H,3-7,14H2,1-2H3;1H/t8-,9?,10?,11+;/m1./s1. The van der Waals surface area contributed by atoms with Crippen molar-refractivity contribution in [2.75, 3.05) is 19.6 Å². The van der Waals surface area contributed by atoms with E-state index in [1.54, 1.807) is 0 Å². The quantitative estimate of drug-likeness (QED) is 0.818. The lowest BCUT2D eigenvalue weighted by molar-refractivity contribution is -0.142. The summed E-state index contributed by atoms with van der Waals surface area (Å²) in [4.78, 5) is 14.3. The lowest BCUT2D eigenvalue weighted by Gasteiger charge is -2.25. The Morgan fingerprint density at radius 3 is 2.44 bits per heavy atom. The second-order valence-electron chi connectivity index (χ2n) is 6.34. The van der Waals surface area contributed by atoms with Crippen LogP contribution in [0.2, 0.25) is 0 Å². The molecule has 4 nitrogen and oxygen atoms in total. The maximum absolute atomic E-state index is 12.2. The molecule has 2 unspecified atom stereocenters. The van der Waals surface area contributed by atoms with Crippen molar-refractivity contribution < 1.29 is 9.53 Å². The number of amides is 1. The summed E-state index contributed by atoms with van der Waals surface area (Å²) in [6.07, 6.45) is 1.65. The van der Waals surface area contributed by atoms with Crippen molar-refractivity contribution in [3.05, 3.63) is 0 Å². The number of piperidine rings is 1. The van der Waals surface area contributed by atoms with Crippen molar-refractivity contribution in [1.29, 1.82) is 0 Å². The van der Waals surface area contributed by atoms with Crippen molar-refractivity contribution >= 4 is 18.3 Å². The molecule has 2 heterocycles. The van der Waals surface area contributed by atoms with E-state index in [4.69, 9.17) is 10.5 Å². The van der Waals surface area contributed by atoms with Gasteiger partial charge in [-0.3, -0.25) is 4.79 Å². The van der Waals surface area contributed by atoms with Crippen molar-refractivity contribution in [3.63, 3.8) is 0 Å². The molecule has 2 saturated heterocycles. The van der Waals surface area contributed by atoms with Crippen molar-refractivity contribution in [3.8, 4) is 0 Å². The normalized spacial score (nSPS) is 40.3. The fourth-order valence-electron chi connectivity index (χ4n) is 3.58. The molecular weight excluding hydrogens is 252 g/mol. The Labute approximate surface area is 115 Å². The van der Waals surface area contributed by atoms with E-state index in [0.717, 1.165) is 37.8 Å². The molecule has 4 atom stereocenters. The molecule has 2 aliphatic heterocycles. The average molecular weight is 275 g/mol. The molecule has 1 amide bonds. The second-order valence-corrected chi connectivity index (χ2v) is 6.34. The minimum atomic E-state index is -0.218. The van der Waals surface area contributed by atoms with E-state index in [0.29, 0.717) is 12.0 Å². The van der Waals surface area contributed by atoms with E-state index < -0.39 is 0 Å². The Hall–Kier alpha value is -0.320.